The molecule has 1 aromatic rings. The third-order valence-corrected chi connectivity index (χ3v) is 5.44. The van der Waals surface area contributed by atoms with E-state index in [1.54, 1.807) is 36.1 Å². The van der Waals surface area contributed by atoms with E-state index in [0.29, 0.717) is 37.2 Å². The highest BCUT2D eigenvalue weighted by Gasteiger charge is 2.26. The number of nitrogens with one attached hydrogen (secondary N) is 1. The van der Waals surface area contributed by atoms with Crippen molar-refractivity contribution in [3.8, 4) is 0 Å². The molecule has 0 unspecified atom stereocenters. The molecule has 0 bridgehead atoms. The molecule has 1 aliphatic heterocycles. The van der Waals surface area contributed by atoms with Gasteiger partial charge in [-0.05, 0) is 44.0 Å². The van der Waals surface area contributed by atoms with Gasteiger partial charge in [0.15, 0.2) is 5.78 Å². The largest absolute Gasteiger partial charge is 0.343 e. The van der Waals surface area contributed by atoms with Gasteiger partial charge in [0.25, 0.3) is 0 Å². The minimum absolute atomic E-state index is 0.00239. The fourth-order valence-electron chi connectivity index (χ4n) is 2.65. The van der Waals surface area contributed by atoms with Gasteiger partial charge in [0.1, 0.15) is 0 Å². The molecule has 1 saturated heterocycles. The zero-order valence-corrected chi connectivity index (χ0v) is 14.2. The minimum atomic E-state index is -3.31. The van der Waals surface area contributed by atoms with Crippen LogP contribution in [-0.4, -0.2) is 43.9 Å². The molecule has 1 N–H and O–H groups in total. The average Bonchev–Trinajstić information content (AvgIpc) is 2.54. The van der Waals surface area contributed by atoms with E-state index in [0.717, 1.165) is 0 Å². The van der Waals surface area contributed by atoms with Gasteiger partial charge in [0, 0.05) is 37.2 Å². The van der Waals surface area contributed by atoms with Crippen molar-refractivity contribution < 1.29 is 18.0 Å². The van der Waals surface area contributed by atoms with Crippen molar-refractivity contribution in [1.82, 2.24) is 4.90 Å². The summed E-state index contributed by atoms with van der Waals surface area (Å²) in [5.74, 6) is 0.0212. The van der Waals surface area contributed by atoms with E-state index in [9.17, 15) is 18.0 Å². The summed E-state index contributed by atoms with van der Waals surface area (Å²) in [5, 5.41) is 0. The van der Waals surface area contributed by atoms with E-state index in [1.165, 1.54) is 6.92 Å². The van der Waals surface area contributed by atoms with Crippen LogP contribution in [0.3, 0.4) is 0 Å². The summed E-state index contributed by atoms with van der Waals surface area (Å²) in [7, 11) is -3.31. The normalized spacial score (nSPS) is 16.2. The lowest BCUT2D eigenvalue weighted by atomic mass is 9.89. The molecule has 6 nitrogen and oxygen atoms in total. The van der Waals surface area contributed by atoms with E-state index in [1.807, 2.05) is 0 Å². The van der Waals surface area contributed by atoms with Crippen molar-refractivity contribution in [3.05, 3.63) is 29.8 Å². The number of ketones is 1. The van der Waals surface area contributed by atoms with Crippen molar-refractivity contribution in [1.29, 1.82) is 0 Å². The number of hydrogen-bond donors (Lipinski definition) is 1. The van der Waals surface area contributed by atoms with Crippen molar-refractivity contribution in [2.45, 2.75) is 26.7 Å². The number of amides is 1. The fourth-order valence-corrected chi connectivity index (χ4v) is 3.29. The number of hydrogen-bond acceptors (Lipinski definition) is 4. The summed E-state index contributed by atoms with van der Waals surface area (Å²) in [6.45, 7) is 4.33. The number of anilines is 1. The molecular weight excluding hydrogens is 316 g/mol. The van der Waals surface area contributed by atoms with Crippen LogP contribution in [-0.2, 0) is 14.8 Å². The third-order valence-electron chi connectivity index (χ3n) is 4.13. The van der Waals surface area contributed by atoms with E-state index >= 15 is 0 Å². The zero-order valence-electron chi connectivity index (χ0n) is 13.4. The Morgan fingerprint density at radius 3 is 2.22 bits per heavy atom. The second kappa shape index (κ2) is 7.12. The molecule has 0 spiro atoms. The first-order valence-corrected chi connectivity index (χ1v) is 9.38. The van der Waals surface area contributed by atoms with Crippen LogP contribution in [0.15, 0.2) is 24.3 Å². The molecule has 0 atom stereocenters. The second-order valence-electron chi connectivity index (χ2n) is 5.73. The summed E-state index contributed by atoms with van der Waals surface area (Å²) in [6, 6.07) is 6.50. The van der Waals surface area contributed by atoms with Gasteiger partial charge in [-0.15, -0.1) is 0 Å². The van der Waals surface area contributed by atoms with Gasteiger partial charge < -0.3 is 4.90 Å². The smallest absolute Gasteiger partial charge is 0.232 e. The quantitative estimate of drug-likeness (QED) is 0.831. The molecule has 23 heavy (non-hydrogen) atoms. The predicted octanol–water partition coefficient (Wildman–Crippen LogP) is 1.89. The molecule has 1 fully saturated rings. The molecular formula is C16H22N2O4S. The van der Waals surface area contributed by atoms with Gasteiger partial charge in [0.2, 0.25) is 15.9 Å². The zero-order chi connectivity index (χ0) is 17.0. The van der Waals surface area contributed by atoms with E-state index < -0.39 is 10.0 Å². The maximum absolute atomic E-state index is 12.5. The van der Waals surface area contributed by atoms with Gasteiger partial charge in [-0.2, -0.15) is 0 Å². The summed E-state index contributed by atoms with van der Waals surface area (Å²) in [5.41, 5.74) is 1.03. The highest BCUT2D eigenvalue weighted by atomic mass is 32.2. The Balaban J connectivity index is 2.00. The van der Waals surface area contributed by atoms with Crippen molar-refractivity contribution >= 4 is 27.4 Å². The van der Waals surface area contributed by atoms with Crippen LogP contribution in [0.25, 0.3) is 0 Å². The van der Waals surface area contributed by atoms with Crippen LogP contribution in [0, 0.1) is 5.92 Å². The molecule has 1 aliphatic rings. The lowest BCUT2D eigenvalue weighted by molar-refractivity contribution is -0.130. The SMILES string of the molecule is CCS(=O)(=O)Nc1ccc(C(=O)C2CCN(C(C)=O)CC2)cc1. The Labute approximate surface area is 136 Å². The summed E-state index contributed by atoms with van der Waals surface area (Å²) in [4.78, 5) is 25.5. The monoisotopic (exact) mass is 338 g/mol. The molecule has 1 amide bonds. The number of sulfonamides is 1. The van der Waals surface area contributed by atoms with Crippen LogP contribution in [0.5, 0.6) is 0 Å². The number of piperidine rings is 1. The molecule has 0 aromatic heterocycles. The molecule has 0 saturated carbocycles. The summed E-state index contributed by atoms with van der Waals surface area (Å²) >= 11 is 0. The lowest BCUT2D eigenvalue weighted by Gasteiger charge is -2.30. The number of Topliss-reactive ketones (excluding diaryl/α,β-unsaturated/α-hetero) is 1. The topological polar surface area (TPSA) is 83.6 Å². The van der Waals surface area contributed by atoms with Gasteiger partial charge in [-0.3, -0.25) is 14.3 Å². The van der Waals surface area contributed by atoms with Crippen LogP contribution in [0.1, 0.15) is 37.0 Å². The number of carbonyl (C=O) groups excluding carboxylic acids is 2. The first-order valence-electron chi connectivity index (χ1n) is 7.72. The maximum atomic E-state index is 12.5. The first kappa shape index (κ1) is 17.5. The number of rotatable bonds is 5. The Morgan fingerprint density at radius 2 is 1.74 bits per heavy atom. The van der Waals surface area contributed by atoms with Gasteiger partial charge in [0.05, 0.1) is 5.75 Å². The molecule has 2 rings (SSSR count). The van der Waals surface area contributed by atoms with Gasteiger partial charge >= 0.3 is 0 Å². The third kappa shape index (κ3) is 4.54. The number of nitrogens with zero attached hydrogens (tertiary/aromatic N) is 1. The first-order chi connectivity index (χ1) is 10.8. The Hall–Kier alpha value is -1.89. The van der Waals surface area contributed by atoms with Gasteiger partial charge in [-0.25, -0.2) is 8.42 Å². The molecule has 0 radical (unpaired) electrons. The van der Waals surface area contributed by atoms with Gasteiger partial charge in [-0.1, -0.05) is 0 Å². The summed E-state index contributed by atoms with van der Waals surface area (Å²) in [6.07, 6.45) is 1.34. The molecule has 0 aliphatic carbocycles. The lowest BCUT2D eigenvalue weighted by Crippen LogP contribution is -2.39. The maximum Gasteiger partial charge on any atom is 0.232 e. The summed E-state index contributed by atoms with van der Waals surface area (Å²) < 4.78 is 25.5. The number of benzene rings is 1. The Kier molecular flexibility index (Phi) is 5.41. The van der Waals surface area contributed by atoms with Crippen LogP contribution < -0.4 is 4.72 Å². The molecule has 1 aromatic carbocycles. The van der Waals surface area contributed by atoms with E-state index in [-0.39, 0.29) is 23.4 Å². The standard InChI is InChI=1S/C16H22N2O4S/c1-3-23(21,22)17-15-6-4-13(5-7-15)16(20)14-8-10-18(11-9-14)12(2)19/h4-7,14,17H,3,8-11H2,1-2H3. The highest BCUT2D eigenvalue weighted by molar-refractivity contribution is 7.92. The van der Waals surface area contributed by atoms with Crippen molar-refractivity contribution in [2.75, 3.05) is 23.6 Å². The average molecular weight is 338 g/mol. The molecule has 7 heteroatoms. The number of likely N-dealkylation sites (tertiary alicyclic amines) is 1. The molecule has 126 valence electrons. The van der Waals surface area contributed by atoms with E-state index in [4.69, 9.17) is 0 Å². The van der Waals surface area contributed by atoms with E-state index in [2.05, 4.69) is 4.72 Å². The Bertz CT molecular complexity index is 675. The van der Waals surface area contributed by atoms with Crippen LogP contribution in [0.2, 0.25) is 0 Å². The van der Waals surface area contributed by atoms with Crippen LogP contribution in [0.4, 0.5) is 5.69 Å². The van der Waals surface area contributed by atoms with Crippen molar-refractivity contribution in [3.63, 3.8) is 0 Å². The molecule has 1 heterocycles. The van der Waals surface area contributed by atoms with Crippen molar-refractivity contribution in [2.24, 2.45) is 5.92 Å². The Morgan fingerprint density at radius 1 is 1.17 bits per heavy atom. The fraction of sp³-hybridized carbons (Fsp3) is 0.500. The van der Waals surface area contributed by atoms with Crippen LogP contribution >= 0.6 is 0 Å². The second-order valence-corrected chi connectivity index (χ2v) is 7.74. The highest BCUT2D eigenvalue weighted by Crippen LogP contribution is 2.23. The predicted molar refractivity (Wildman–Crippen MR) is 88.8 cm³/mol. The number of carbonyl (C=O) groups is 2. The minimum Gasteiger partial charge on any atom is -0.343 e.